The normalized spacial score (nSPS) is 12.4. The number of carbonyl (C=O) groups is 1. The average molecular weight is 426 g/mol. The van der Waals surface area contributed by atoms with Gasteiger partial charge in [0.25, 0.3) is 0 Å². The Morgan fingerprint density at radius 3 is 2.62 bits per heavy atom. The molecule has 0 atom stereocenters. The molecule has 0 unspecified atom stereocenters. The van der Waals surface area contributed by atoms with Gasteiger partial charge in [0.15, 0.2) is 11.5 Å². The van der Waals surface area contributed by atoms with Gasteiger partial charge in [-0.2, -0.15) is 0 Å². The van der Waals surface area contributed by atoms with E-state index < -0.39 is 0 Å². The van der Waals surface area contributed by atoms with Crippen molar-refractivity contribution in [2.45, 2.75) is 21.9 Å². The number of nitrogens with one attached hydrogen (secondary N) is 1. The molecule has 148 valence electrons. The number of ether oxygens (including phenoxy) is 2. The molecule has 0 spiro atoms. The second-order valence-corrected chi connectivity index (χ2v) is 8.22. The molecule has 3 aromatic rings. The number of aromatic nitrogens is 2. The zero-order chi connectivity index (χ0) is 20.1. The van der Waals surface area contributed by atoms with Crippen molar-refractivity contribution in [3.63, 3.8) is 0 Å². The van der Waals surface area contributed by atoms with Crippen molar-refractivity contribution in [2.75, 3.05) is 24.3 Å². The van der Waals surface area contributed by atoms with Crippen molar-refractivity contribution in [1.29, 1.82) is 0 Å². The van der Waals surface area contributed by atoms with Crippen molar-refractivity contribution in [1.82, 2.24) is 9.97 Å². The summed E-state index contributed by atoms with van der Waals surface area (Å²) in [5.74, 6) is 1.45. The summed E-state index contributed by atoms with van der Waals surface area (Å²) in [6.45, 7) is 3.11. The number of nitrogens with zero attached hydrogens (tertiary/aromatic N) is 2. The first-order valence-electron chi connectivity index (χ1n) is 9.06. The quantitative estimate of drug-likeness (QED) is 0.585. The molecule has 8 heteroatoms. The van der Waals surface area contributed by atoms with Gasteiger partial charge < -0.3 is 14.8 Å². The van der Waals surface area contributed by atoms with E-state index in [4.69, 9.17) is 9.47 Å². The molecule has 0 saturated heterocycles. The number of carbonyl (C=O) groups excluding carboxylic acids is 1. The number of aryl methyl sites for hydroxylation is 1. The van der Waals surface area contributed by atoms with Crippen molar-refractivity contribution in [3.05, 3.63) is 60.4 Å². The number of amides is 1. The highest BCUT2D eigenvalue weighted by Crippen LogP contribution is 2.35. The molecular formula is C21H19N3O3S2. The zero-order valence-electron chi connectivity index (χ0n) is 15.8. The van der Waals surface area contributed by atoms with Crippen LogP contribution < -0.4 is 14.8 Å². The highest BCUT2D eigenvalue weighted by molar-refractivity contribution is 8.02. The van der Waals surface area contributed by atoms with E-state index >= 15 is 0 Å². The Bertz CT molecular complexity index is 1030. The summed E-state index contributed by atoms with van der Waals surface area (Å²) < 4.78 is 11.1. The third kappa shape index (κ3) is 5.02. The average Bonchev–Trinajstić information content (AvgIpc) is 2.75. The maximum absolute atomic E-state index is 12.4. The number of fused-ring (bicyclic) bond motifs is 1. The van der Waals surface area contributed by atoms with Crippen LogP contribution in [-0.2, 0) is 4.79 Å². The van der Waals surface area contributed by atoms with Gasteiger partial charge in [-0.15, -0.1) is 0 Å². The lowest BCUT2D eigenvalue weighted by Gasteiger charge is -2.19. The van der Waals surface area contributed by atoms with E-state index in [1.807, 2.05) is 12.1 Å². The molecule has 2 aromatic carbocycles. The minimum absolute atomic E-state index is 0.121. The predicted octanol–water partition coefficient (Wildman–Crippen LogP) is 4.44. The zero-order valence-corrected chi connectivity index (χ0v) is 17.4. The smallest absolute Gasteiger partial charge is 0.234 e. The van der Waals surface area contributed by atoms with Crippen LogP contribution in [0, 0.1) is 6.92 Å². The molecule has 1 N–H and O–H groups in total. The summed E-state index contributed by atoms with van der Waals surface area (Å²) in [4.78, 5) is 22.4. The molecule has 2 heterocycles. The molecule has 1 aromatic heterocycles. The van der Waals surface area contributed by atoms with Gasteiger partial charge in [-0.25, -0.2) is 9.97 Å². The highest BCUT2D eigenvalue weighted by Gasteiger charge is 2.14. The second-order valence-electron chi connectivity index (χ2n) is 6.23. The first-order valence-corrected chi connectivity index (χ1v) is 10.9. The Balaban J connectivity index is 1.39. The van der Waals surface area contributed by atoms with Crippen LogP contribution >= 0.6 is 23.5 Å². The highest BCUT2D eigenvalue weighted by atomic mass is 32.2. The van der Waals surface area contributed by atoms with Crippen molar-refractivity contribution >= 4 is 35.1 Å². The van der Waals surface area contributed by atoms with E-state index in [1.165, 1.54) is 17.3 Å². The molecule has 1 aliphatic rings. The van der Waals surface area contributed by atoms with E-state index in [0.29, 0.717) is 30.4 Å². The molecule has 0 aliphatic carbocycles. The Hall–Kier alpha value is -2.71. The minimum Gasteiger partial charge on any atom is -0.486 e. The van der Waals surface area contributed by atoms with Gasteiger partial charge >= 0.3 is 0 Å². The molecule has 1 aliphatic heterocycles. The number of benzene rings is 2. The molecule has 0 saturated carbocycles. The number of rotatable bonds is 6. The molecule has 6 nitrogen and oxygen atoms in total. The first-order chi connectivity index (χ1) is 14.2. The lowest BCUT2D eigenvalue weighted by molar-refractivity contribution is -0.113. The fourth-order valence-corrected chi connectivity index (χ4v) is 4.50. The maximum atomic E-state index is 12.4. The van der Waals surface area contributed by atoms with Gasteiger partial charge in [0.2, 0.25) is 5.91 Å². The number of hydrogen-bond acceptors (Lipinski definition) is 7. The fraction of sp³-hybridized carbons (Fsp3) is 0.190. The largest absolute Gasteiger partial charge is 0.486 e. The first kappa shape index (κ1) is 19.6. The topological polar surface area (TPSA) is 73.3 Å². The summed E-state index contributed by atoms with van der Waals surface area (Å²) >= 11 is 2.92. The van der Waals surface area contributed by atoms with E-state index in [9.17, 15) is 4.79 Å². The Morgan fingerprint density at radius 2 is 1.79 bits per heavy atom. The number of anilines is 1. The van der Waals surface area contributed by atoms with Gasteiger partial charge in [0.05, 0.1) is 5.75 Å². The van der Waals surface area contributed by atoms with E-state index in [2.05, 4.69) is 34.3 Å². The Morgan fingerprint density at radius 1 is 1.03 bits per heavy atom. The van der Waals surface area contributed by atoms with Crippen LogP contribution in [-0.4, -0.2) is 34.8 Å². The van der Waals surface area contributed by atoms with Crippen molar-refractivity contribution in [3.8, 4) is 11.5 Å². The third-order valence-electron chi connectivity index (χ3n) is 4.10. The standard InChI is InChI=1S/C21H19N3O3S2/c1-14-4-2-3-5-18(14)29-21-20(22-8-9-23-21)28-13-19(25)24-15-6-7-16-17(12-15)27-11-10-26-16/h2-9,12H,10-11,13H2,1H3,(H,24,25). The van der Waals surface area contributed by atoms with E-state index in [0.717, 1.165) is 14.9 Å². The lowest BCUT2D eigenvalue weighted by atomic mass is 10.2. The summed E-state index contributed by atoms with van der Waals surface area (Å²) in [5, 5.41) is 4.42. The van der Waals surface area contributed by atoms with Gasteiger partial charge in [-0.05, 0) is 30.7 Å². The van der Waals surface area contributed by atoms with Crippen LogP contribution in [0.4, 0.5) is 5.69 Å². The number of hydrogen-bond donors (Lipinski definition) is 1. The molecular weight excluding hydrogens is 406 g/mol. The van der Waals surface area contributed by atoms with Crippen LogP contribution in [0.2, 0.25) is 0 Å². The van der Waals surface area contributed by atoms with Crippen LogP contribution in [0.25, 0.3) is 0 Å². The van der Waals surface area contributed by atoms with Gasteiger partial charge in [0, 0.05) is 29.0 Å². The molecule has 1 amide bonds. The summed E-state index contributed by atoms with van der Waals surface area (Å²) in [7, 11) is 0. The molecule has 29 heavy (non-hydrogen) atoms. The molecule has 0 radical (unpaired) electrons. The number of thioether (sulfide) groups is 1. The third-order valence-corrected chi connectivity index (χ3v) is 6.38. The lowest BCUT2D eigenvalue weighted by Crippen LogP contribution is -2.17. The summed E-state index contributed by atoms with van der Waals surface area (Å²) in [6.07, 6.45) is 3.31. The van der Waals surface area contributed by atoms with Gasteiger partial charge in [0.1, 0.15) is 23.3 Å². The van der Waals surface area contributed by atoms with Crippen LogP contribution in [0.3, 0.4) is 0 Å². The fourth-order valence-electron chi connectivity index (χ4n) is 2.71. The van der Waals surface area contributed by atoms with Gasteiger partial charge in [-0.1, -0.05) is 41.7 Å². The summed E-state index contributed by atoms with van der Waals surface area (Å²) in [5.41, 5.74) is 1.85. The van der Waals surface area contributed by atoms with Crippen LogP contribution in [0.15, 0.2) is 69.8 Å². The van der Waals surface area contributed by atoms with Crippen molar-refractivity contribution < 1.29 is 14.3 Å². The van der Waals surface area contributed by atoms with E-state index in [1.54, 1.807) is 42.4 Å². The second kappa shape index (κ2) is 9.19. The maximum Gasteiger partial charge on any atom is 0.234 e. The monoisotopic (exact) mass is 425 g/mol. The van der Waals surface area contributed by atoms with Crippen LogP contribution in [0.1, 0.15) is 5.56 Å². The van der Waals surface area contributed by atoms with Crippen LogP contribution in [0.5, 0.6) is 11.5 Å². The Labute approximate surface area is 177 Å². The summed E-state index contributed by atoms with van der Waals surface area (Å²) in [6, 6.07) is 13.5. The van der Waals surface area contributed by atoms with Crippen molar-refractivity contribution in [2.24, 2.45) is 0 Å². The minimum atomic E-state index is -0.121. The van der Waals surface area contributed by atoms with Gasteiger partial charge in [-0.3, -0.25) is 4.79 Å². The SMILES string of the molecule is Cc1ccccc1Sc1nccnc1SCC(=O)Nc1ccc2c(c1)OCCO2. The predicted molar refractivity (Wildman–Crippen MR) is 114 cm³/mol. The van der Waals surface area contributed by atoms with E-state index in [-0.39, 0.29) is 11.7 Å². The molecule has 0 bridgehead atoms. The molecule has 4 rings (SSSR count). The Kier molecular flexibility index (Phi) is 6.21. The molecule has 0 fully saturated rings.